The Hall–Kier alpha value is -0.460. The van der Waals surface area contributed by atoms with Crippen LogP contribution in [0.3, 0.4) is 0 Å². The molecule has 0 aliphatic carbocycles. The Bertz CT molecular complexity index is 266. The van der Waals surface area contributed by atoms with Crippen LogP contribution in [-0.4, -0.2) is 36.0 Å². The van der Waals surface area contributed by atoms with Crippen molar-refractivity contribution in [2.75, 3.05) is 25.1 Å². The van der Waals surface area contributed by atoms with Gasteiger partial charge in [0.2, 0.25) is 0 Å². The maximum atomic E-state index is 11.3. The number of thiazole rings is 1. The third kappa shape index (κ3) is 4.17. The molecule has 78 valence electrons. The Labute approximate surface area is 94.8 Å². The van der Waals surface area contributed by atoms with Crippen molar-refractivity contribution in [3.8, 4) is 0 Å². The van der Waals surface area contributed by atoms with E-state index in [1.54, 1.807) is 10.9 Å². The number of ether oxygens (including phenoxy) is 1. The zero-order valence-corrected chi connectivity index (χ0v) is 9.94. The van der Waals surface area contributed by atoms with Crippen LogP contribution in [0.2, 0.25) is 0 Å². The number of aromatic nitrogens is 1. The number of halogens is 1. The highest BCUT2D eigenvalue weighted by atomic mass is 79.9. The lowest BCUT2D eigenvalue weighted by Gasteiger charge is -2.03. The lowest BCUT2D eigenvalue weighted by Crippen LogP contribution is -2.27. The number of hydrogen-bond acceptors (Lipinski definition) is 4. The maximum Gasteiger partial charge on any atom is 0.270 e. The molecule has 1 N–H and O–H groups in total. The molecule has 0 spiro atoms. The SMILES string of the molecule is O=C(NCCOCCBr)c1cscn1. The second-order valence-electron chi connectivity index (χ2n) is 2.43. The van der Waals surface area contributed by atoms with E-state index < -0.39 is 0 Å². The molecule has 1 rings (SSSR count). The van der Waals surface area contributed by atoms with Gasteiger partial charge in [-0.05, 0) is 0 Å². The van der Waals surface area contributed by atoms with Gasteiger partial charge >= 0.3 is 0 Å². The van der Waals surface area contributed by atoms with Crippen LogP contribution in [0.1, 0.15) is 10.5 Å². The fraction of sp³-hybridized carbons (Fsp3) is 0.500. The molecule has 14 heavy (non-hydrogen) atoms. The minimum atomic E-state index is -0.145. The third-order valence-electron chi connectivity index (χ3n) is 1.42. The number of carbonyl (C=O) groups is 1. The third-order valence-corrected chi connectivity index (χ3v) is 2.33. The smallest absolute Gasteiger partial charge is 0.270 e. The predicted octanol–water partition coefficient (Wildman–Crippen LogP) is 1.28. The van der Waals surface area contributed by atoms with E-state index in [0.29, 0.717) is 25.5 Å². The zero-order valence-electron chi connectivity index (χ0n) is 7.53. The van der Waals surface area contributed by atoms with Gasteiger partial charge in [-0.1, -0.05) is 15.9 Å². The minimum Gasteiger partial charge on any atom is -0.379 e. The van der Waals surface area contributed by atoms with Crippen molar-refractivity contribution in [3.05, 3.63) is 16.6 Å². The molecule has 0 bridgehead atoms. The molecular weight excluding hydrogens is 268 g/mol. The van der Waals surface area contributed by atoms with Crippen LogP contribution in [0.25, 0.3) is 0 Å². The summed E-state index contributed by atoms with van der Waals surface area (Å²) in [4.78, 5) is 15.2. The summed E-state index contributed by atoms with van der Waals surface area (Å²) in [7, 11) is 0. The van der Waals surface area contributed by atoms with E-state index in [0.717, 1.165) is 5.33 Å². The van der Waals surface area contributed by atoms with Crippen LogP contribution < -0.4 is 5.32 Å². The number of alkyl halides is 1. The molecule has 0 saturated carbocycles. The first kappa shape index (κ1) is 11.6. The van der Waals surface area contributed by atoms with Crippen LogP contribution in [0.4, 0.5) is 0 Å². The molecule has 1 aromatic heterocycles. The van der Waals surface area contributed by atoms with Gasteiger partial charge < -0.3 is 10.1 Å². The van der Waals surface area contributed by atoms with E-state index >= 15 is 0 Å². The monoisotopic (exact) mass is 278 g/mol. The van der Waals surface area contributed by atoms with Crippen LogP contribution in [0.5, 0.6) is 0 Å². The Balaban J connectivity index is 2.10. The standard InChI is InChI=1S/C8H11BrN2O2S/c9-1-3-13-4-2-10-8(12)7-5-14-6-11-7/h5-6H,1-4H2,(H,10,12). The quantitative estimate of drug-likeness (QED) is 0.630. The molecule has 0 saturated heterocycles. The lowest BCUT2D eigenvalue weighted by atomic mass is 10.4. The highest BCUT2D eigenvalue weighted by Crippen LogP contribution is 1.99. The molecule has 0 fully saturated rings. The van der Waals surface area contributed by atoms with Gasteiger partial charge in [-0.15, -0.1) is 11.3 Å². The molecule has 1 heterocycles. The van der Waals surface area contributed by atoms with Gasteiger partial charge in [0.15, 0.2) is 0 Å². The van der Waals surface area contributed by atoms with Gasteiger partial charge in [0, 0.05) is 17.3 Å². The molecule has 4 nitrogen and oxygen atoms in total. The van der Waals surface area contributed by atoms with Crippen molar-refractivity contribution < 1.29 is 9.53 Å². The van der Waals surface area contributed by atoms with Gasteiger partial charge in [-0.25, -0.2) is 4.98 Å². The highest BCUT2D eigenvalue weighted by Gasteiger charge is 2.05. The van der Waals surface area contributed by atoms with Crippen molar-refractivity contribution in [1.82, 2.24) is 10.3 Å². The number of nitrogens with one attached hydrogen (secondary N) is 1. The first-order valence-electron chi connectivity index (χ1n) is 4.14. The van der Waals surface area contributed by atoms with Crippen LogP contribution in [-0.2, 0) is 4.74 Å². The Morgan fingerprint density at radius 2 is 2.50 bits per heavy atom. The number of amides is 1. The fourth-order valence-corrected chi connectivity index (χ4v) is 1.57. The second kappa shape index (κ2) is 6.92. The molecule has 0 aromatic carbocycles. The summed E-state index contributed by atoms with van der Waals surface area (Å²) >= 11 is 4.65. The normalized spacial score (nSPS) is 10.1. The van der Waals surface area contributed by atoms with E-state index in [2.05, 4.69) is 26.2 Å². The minimum absolute atomic E-state index is 0.145. The van der Waals surface area contributed by atoms with Crippen molar-refractivity contribution in [1.29, 1.82) is 0 Å². The molecule has 6 heteroatoms. The average molecular weight is 279 g/mol. The van der Waals surface area contributed by atoms with Crippen molar-refractivity contribution in [2.45, 2.75) is 0 Å². The van der Waals surface area contributed by atoms with E-state index in [-0.39, 0.29) is 5.91 Å². The number of nitrogens with zero attached hydrogens (tertiary/aromatic N) is 1. The Morgan fingerprint density at radius 3 is 3.14 bits per heavy atom. The first-order valence-corrected chi connectivity index (χ1v) is 6.21. The van der Waals surface area contributed by atoms with Gasteiger partial charge in [-0.3, -0.25) is 4.79 Å². The van der Waals surface area contributed by atoms with Gasteiger partial charge in [0.05, 0.1) is 18.7 Å². The number of carbonyl (C=O) groups excluding carboxylic acids is 1. The van der Waals surface area contributed by atoms with E-state index in [4.69, 9.17) is 4.74 Å². The summed E-state index contributed by atoms with van der Waals surface area (Å²) in [6, 6.07) is 0. The second-order valence-corrected chi connectivity index (χ2v) is 3.94. The molecular formula is C8H11BrN2O2S. The summed E-state index contributed by atoms with van der Waals surface area (Å²) < 4.78 is 5.17. The molecule has 0 aliphatic rings. The molecule has 0 unspecified atom stereocenters. The summed E-state index contributed by atoms with van der Waals surface area (Å²) in [5.41, 5.74) is 2.10. The van der Waals surface area contributed by atoms with Crippen LogP contribution in [0, 0.1) is 0 Å². The molecule has 0 aliphatic heterocycles. The predicted molar refractivity (Wildman–Crippen MR) is 59.1 cm³/mol. The topological polar surface area (TPSA) is 51.2 Å². The summed E-state index contributed by atoms with van der Waals surface area (Å²) in [6.07, 6.45) is 0. The van der Waals surface area contributed by atoms with Crippen LogP contribution in [0.15, 0.2) is 10.9 Å². The summed E-state index contributed by atoms with van der Waals surface area (Å²) in [5, 5.41) is 5.24. The number of rotatable bonds is 6. The van der Waals surface area contributed by atoms with E-state index in [1.165, 1.54) is 11.3 Å². The first-order chi connectivity index (χ1) is 6.84. The van der Waals surface area contributed by atoms with Crippen LogP contribution >= 0.6 is 27.3 Å². The highest BCUT2D eigenvalue weighted by molar-refractivity contribution is 9.09. The van der Waals surface area contributed by atoms with Gasteiger partial charge in [0.1, 0.15) is 5.69 Å². The zero-order chi connectivity index (χ0) is 10.2. The van der Waals surface area contributed by atoms with E-state index in [1.807, 2.05) is 0 Å². The van der Waals surface area contributed by atoms with Gasteiger partial charge in [-0.2, -0.15) is 0 Å². The molecule has 0 radical (unpaired) electrons. The lowest BCUT2D eigenvalue weighted by molar-refractivity contribution is 0.0920. The molecule has 0 atom stereocenters. The van der Waals surface area contributed by atoms with Crippen molar-refractivity contribution in [3.63, 3.8) is 0 Å². The Kier molecular flexibility index (Phi) is 5.74. The summed E-state index contributed by atoms with van der Waals surface area (Å²) in [6.45, 7) is 1.71. The van der Waals surface area contributed by atoms with Gasteiger partial charge in [0.25, 0.3) is 5.91 Å². The fourth-order valence-electron chi connectivity index (χ4n) is 0.809. The average Bonchev–Trinajstić information content (AvgIpc) is 2.70. The molecule has 1 aromatic rings. The number of hydrogen-bond donors (Lipinski definition) is 1. The largest absolute Gasteiger partial charge is 0.379 e. The van der Waals surface area contributed by atoms with E-state index in [9.17, 15) is 4.79 Å². The summed E-state index contributed by atoms with van der Waals surface area (Å²) in [5.74, 6) is -0.145. The Morgan fingerprint density at radius 1 is 1.64 bits per heavy atom. The van der Waals surface area contributed by atoms with Crippen molar-refractivity contribution in [2.24, 2.45) is 0 Å². The molecule has 1 amide bonds. The van der Waals surface area contributed by atoms with Crippen molar-refractivity contribution >= 4 is 33.2 Å². The maximum absolute atomic E-state index is 11.3.